The average Bonchev–Trinajstić information content (AvgIpc) is 2.52. The molecule has 0 aliphatic carbocycles. The van der Waals surface area contributed by atoms with Crippen molar-refractivity contribution in [1.82, 2.24) is 5.32 Å². The van der Waals surface area contributed by atoms with Gasteiger partial charge in [0.1, 0.15) is 6.10 Å². The van der Waals surface area contributed by atoms with Crippen molar-refractivity contribution < 1.29 is 4.74 Å². The van der Waals surface area contributed by atoms with Crippen molar-refractivity contribution in [2.45, 2.75) is 53.2 Å². The van der Waals surface area contributed by atoms with Gasteiger partial charge >= 0.3 is 0 Å². The van der Waals surface area contributed by atoms with Gasteiger partial charge in [-0.05, 0) is 56.0 Å². The third-order valence-corrected chi connectivity index (χ3v) is 4.26. The Labute approximate surface area is 159 Å². The van der Waals surface area contributed by atoms with Crippen molar-refractivity contribution in [3.05, 3.63) is 70.3 Å². The summed E-state index contributed by atoms with van der Waals surface area (Å²) in [6, 6.07) is 15.6. The van der Waals surface area contributed by atoms with Crippen LogP contribution in [0, 0.1) is 20.8 Å². The summed E-state index contributed by atoms with van der Waals surface area (Å²) in [5.74, 6) is 0. The number of hydrogen-bond donors (Lipinski definition) is 1. The molecular weight excluding hydrogens is 330 g/mol. The van der Waals surface area contributed by atoms with Crippen molar-refractivity contribution >= 4 is 12.4 Å². The van der Waals surface area contributed by atoms with Crippen LogP contribution >= 0.6 is 12.4 Å². The van der Waals surface area contributed by atoms with E-state index >= 15 is 0 Å². The molecule has 1 N–H and O–H groups in total. The summed E-state index contributed by atoms with van der Waals surface area (Å²) in [6.07, 6.45) is 1.02. The average molecular weight is 362 g/mol. The summed E-state index contributed by atoms with van der Waals surface area (Å²) in [5, 5.41) is 3.45. The zero-order chi connectivity index (χ0) is 17.5. The molecule has 0 radical (unpaired) electrons. The Morgan fingerprint density at radius 2 is 1.56 bits per heavy atom. The maximum Gasteiger partial charge on any atom is 0.108 e. The SMILES string of the molecule is Cc1cc(C)c(C(OCCCNC(C)C)c2ccccc2)c(C)c1.Cl. The lowest BCUT2D eigenvalue weighted by atomic mass is 9.92. The molecule has 0 aliphatic heterocycles. The minimum absolute atomic E-state index is 0. The molecule has 3 heteroatoms. The molecule has 0 amide bonds. The highest BCUT2D eigenvalue weighted by Crippen LogP contribution is 2.31. The van der Waals surface area contributed by atoms with Gasteiger partial charge < -0.3 is 10.1 Å². The number of hydrogen-bond acceptors (Lipinski definition) is 2. The van der Waals surface area contributed by atoms with E-state index in [2.05, 4.69) is 82.4 Å². The molecule has 2 nitrogen and oxygen atoms in total. The first-order chi connectivity index (χ1) is 11.5. The lowest BCUT2D eigenvalue weighted by Crippen LogP contribution is -2.24. The fraction of sp³-hybridized carbons (Fsp3) is 0.455. The summed E-state index contributed by atoms with van der Waals surface area (Å²) < 4.78 is 6.36. The Morgan fingerprint density at radius 3 is 2.12 bits per heavy atom. The monoisotopic (exact) mass is 361 g/mol. The standard InChI is InChI=1S/C22H31NO.ClH/c1-16(2)23-12-9-13-24-22(20-10-7-6-8-11-20)21-18(4)14-17(3)15-19(21)5;/h6-8,10-11,14-16,22-23H,9,12-13H2,1-5H3;1H. The maximum atomic E-state index is 6.36. The maximum absolute atomic E-state index is 6.36. The quantitative estimate of drug-likeness (QED) is 0.624. The summed E-state index contributed by atoms with van der Waals surface area (Å²) in [4.78, 5) is 0. The first kappa shape index (κ1) is 21.7. The van der Waals surface area contributed by atoms with Gasteiger partial charge in [0.25, 0.3) is 0 Å². The van der Waals surface area contributed by atoms with Crippen LogP contribution in [0.25, 0.3) is 0 Å². The molecule has 1 unspecified atom stereocenters. The first-order valence-electron chi connectivity index (χ1n) is 8.96. The molecule has 2 rings (SSSR count). The van der Waals surface area contributed by atoms with E-state index in [1.165, 1.54) is 27.8 Å². The minimum atomic E-state index is 0. The number of ether oxygens (including phenoxy) is 1. The van der Waals surface area contributed by atoms with E-state index in [0.717, 1.165) is 19.6 Å². The Hall–Kier alpha value is -1.35. The fourth-order valence-corrected chi connectivity index (χ4v) is 3.24. The normalized spacial score (nSPS) is 12.1. The van der Waals surface area contributed by atoms with Crippen LogP contribution in [0.4, 0.5) is 0 Å². The predicted molar refractivity (Wildman–Crippen MR) is 110 cm³/mol. The van der Waals surface area contributed by atoms with Gasteiger partial charge in [0.05, 0.1) is 0 Å². The molecule has 138 valence electrons. The van der Waals surface area contributed by atoms with Crippen LogP contribution in [0.3, 0.4) is 0 Å². The summed E-state index contributed by atoms with van der Waals surface area (Å²) >= 11 is 0. The smallest absolute Gasteiger partial charge is 0.108 e. The Kier molecular flexibility index (Phi) is 9.20. The van der Waals surface area contributed by atoms with Gasteiger partial charge in [0, 0.05) is 12.6 Å². The summed E-state index contributed by atoms with van der Waals surface area (Å²) in [7, 11) is 0. The molecule has 25 heavy (non-hydrogen) atoms. The van der Waals surface area contributed by atoms with E-state index in [1.54, 1.807) is 0 Å². The van der Waals surface area contributed by atoms with Crippen LogP contribution in [0.5, 0.6) is 0 Å². The largest absolute Gasteiger partial charge is 0.369 e. The van der Waals surface area contributed by atoms with Gasteiger partial charge in [-0.1, -0.05) is 61.9 Å². The molecule has 0 heterocycles. The van der Waals surface area contributed by atoms with E-state index in [9.17, 15) is 0 Å². The molecule has 0 saturated carbocycles. The molecule has 0 spiro atoms. The minimum Gasteiger partial charge on any atom is -0.369 e. The molecular formula is C22H32ClNO. The van der Waals surface area contributed by atoms with Crippen LogP contribution in [-0.4, -0.2) is 19.2 Å². The molecule has 0 aliphatic rings. The van der Waals surface area contributed by atoms with Crippen molar-refractivity contribution in [3.63, 3.8) is 0 Å². The molecule has 0 aromatic heterocycles. The predicted octanol–water partition coefficient (Wildman–Crippen LogP) is 5.53. The highest BCUT2D eigenvalue weighted by molar-refractivity contribution is 5.85. The van der Waals surface area contributed by atoms with E-state index in [4.69, 9.17) is 4.74 Å². The van der Waals surface area contributed by atoms with Crippen LogP contribution in [0.1, 0.15) is 54.2 Å². The van der Waals surface area contributed by atoms with Gasteiger partial charge in [-0.2, -0.15) is 0 Å². The van der Waals surface area contributed by atoms with Crippen LogP contribution in [0.15, 0.2) is 42.5 Å². The summed E-state index contributed by atoms with van der Waals surface area (Å²) in [6.45, 7) is 12.6. The lowest BCUT2D eigenvalue weighted by Gasteiger charge is -2.23. The van der Waals surface area contributed by atoms with E-state index in [0.29, 0.717) is 6.04 Å². The molecule has 1 atom stereocenters. The molecule has 0 fully saturated rings. The third kappa shape index (κ3) is 6.47. The second-order valence-corrected chi connectivity index (χ2v) is 6.94. The molecule has 2 aromatic rings. The van der Waals surface area contributed by atoms with E-state index in [-0.39, 0.29) is 18.5 Å². The molecule has 0 saturated heterocycles. The van der Waals surface area contributed by atoms with Crippen molar-refractivity contribution in [3.8, 4) is 0 Å². The highest BCUT2D eigenvalue weighted by atomic mass is 35.5. The zero-order valence-electron chi connectivity index (χ0n) is 16.1. The van der Waals surface area contributed by atoms with Gasteiger partial charge in [-0.3, -0.25) is 0 Å². The van der Waals surface area contributed by atoms with Crippen LogP contribution in [0.2, 0.25) is 0 Å². The Bertz CT molecular complexity index is 617. The summed E-state index contributed by atoms with van der Waals surface area (Å²) in [5.41, 5.74) is 6.46. The number of aryl methyl sites for hydroxylation is 3. The number of rotatable bonds is 8. The number of benzene rings is 2. The van der Waals surface area contributed by atoms with Crippen LogP contribution < -0.4 is 5.32 Å². The third-order valence-electron chi connectivity index (χ3n) is 4.26. The zero-order valence-corrected chi connectivity index (χ0v) is 17.0. The van der Waals surface area contributed by atoms with Crippen molar-refractivity contribution in [2.24, 2.45) is 0 Å². The van der Waals surface area contributed by atoms with Gasteiger partial charge in [0.2, 0.25) is 0 Å². The molecule has 0 bridgehead atoms. The number of halogens is 1. The Morgan fingerprint density at radius 1 is 0.960 bits per heavy atom. The van der Waals surface area contributed by atoms with Crippen LogP contribution in [-0.2, 0) is 4.74 Å². The number of nitrogens with one attached hydrogen (secondary N) is 1. The first-order valence-corrected chi connectivity index (χ1v) is 8.96. The molecule has 2 aromatic carbocycles. The topological polar surface area (TPSA) is 21.3 Å². The van der Waals surface area contributed by atoms with Gasteiger partial charge in [-0.25, -0.2) is 0 Å². The second-order valence-electron chi connectivity index (χ2n) is 6.94. The van der Waals surface area contributed by atoms with E-state index < -0.39 is 0 Å². The van der Waals surface area contributed by atoms with Gasteiger partial charge in [0.15, 0.2) is 0 Å². The van der Waals surface area contributed by atoms with Crippen molar-refractivity contribution in [2.75, 3.05) is 13.2 Å². The van der Waals surface area contributed by atoms with E-state index in [1.807, 2.05) is 0 Å². The second kappa shape index (κ2) is 10.6. The highest BCUT2D eigenvalue weighted by Gasteiger charge is 2.19. The fourth-order valence-electron chi connectivity index (χ4n) is 3.24. The lowest BCUT2D eigenvalue weighted by molar-refractivity contribution is 0.0772. The van der Waals surface area contributed by atoms with Crippen molar-refractivity contribution in [1.29, 1.82) is 0 Å². The Balaban J connectivity index is 0.00000312. The van der Waals surface area contributed by atoms with Gasteiger partial charge in [-0.15, -0.1) is 12.4 Å².